The van der Waals surface area contributed by atoms with Crippen LogP contribution in [0.4, 0.5) is 0 Å². The minimum absolute atomic E-state index is 0.100. The van der Waals surface area contributed by atoms with Gasteiger partial charge in [0.15, 0.2) is 17.5 Å². The largest absolute Gasteiger partial charge is 0.493 e. The van der Waals surface area contributed by atoms with Crippen molar-refractivity contribution in [2.24, 2.45) is 4.99 Å². The second-order valence-corrected chi connectivity index (χ2v) is 6.84. The number of benzene rings is 1. The van der Waals surface area contributed by atoms with Crippen LogP contribution in [0.3, 0.4) is 0 Å². The van der Waals surface area contributed by atoms with Crippen molar-refractivity contribution >= 4 is 11.9 Å². The molecule has 152 valence electrons. The molecule has 0 bridgehead atoms. The van der Waals surface area contributed by atoms with Crippen LogP contribution in [-0.2, 0) is 11.3 Å². The molecule has 1 aromatic rings. The van der Waals surface area contributed by atoms with E-state index in [1.165, 1.54) is 0 Å². The molecule has 8 heteroatoms. The van der Waals surface area contributed by atoms with Crippen molar-refractivity contribution in [2.45, 2.75) is 39.8 Å². The van der Waals surface area contributed by atoms with Gasteiger partial charge in [0, 0.05) is 17.6 Å². The van der Waals surface area contributed by atoms with E-state index in [0.717, 1.165) is 5.56 Å². The summed E-state index contributed by atoms with van der Waals surface area (Å²) in [6.45, 7) is 8.93. The van der Waals surface area contributed by atoms with Crippen molar-refractivity contribution in [3.8, 4) is 17.2 Å². The number of hydrogen-bond donors (Lipinski definition) is 3. The maximum absolute atomic E-state index is 12.0. The Balaban J connectivity index is 2.90. The number of carbonyl (C=O) groups excluding carboxylic acids is 1. The van der Waals surface area contributed by atoms with Gasteiger partial charge in [0.25, 0.3) is 0 Å². The Kier molecular flexibility index (Phi) is 8.71. The first-order chi connectivity index (χ1) is 12.8. The van der Waals surface area contributed by atoms with Crippen molar-refractivity contribution in [3.63, 3.8) is 0 Å². The second-order valence-electron chi connectivity index (χ2n) is 6.84. The number of hydrogen-bond acceptors (Lipinski definition) is 5. The molecule has 27 heavy (non-hydrogen) atoms. The quantitative estimate of drug-likeness (QED) is 0.469. The number of ether oxygens (including phenoxy) is 3. The molecular formula is C19H32N4O4. The van der Waals surface area contributed by atoms with Gasteiger partial charge in [-0.05, 0) is 39.8 Å². The third-order valence-electron chi connectivity index (χ3n) is 3.47. The van der Waals surface area contributed by atoms with Gasteiger partial charge >= 0.3 is 0 Å². The van der Waals surface area contributed by atoms with Gasteiger partial charge in [-0.25, -0.2) is 4.99 Å². The lowest BCUT2D eigenvalue weighted by molar-refractivity contribution is -0.121. The molecule has 0 fully saturated rings. The fourth-order valence-corrected chi connectivity index (χ4v) is 2.42. The predicted octanol–water partition coefficient (Wildman–Crippen LogP) is 1.68. The van der Waals surface area contributed by atoms with E-state index in [1.807, 2.05) is 39.8 Å². The van der Waals surface area contributed by atoms with E-state index in [9.17, 15) is 4.79 Å². The van der Waals surface area contributed by atoms with E-state index in [0.29, 0.717) is 36.3 Å². The Labute approximate surface area is 161 Å². The zero-order valence-corrected chi connectivity index (χ0v) is 17.4. The summed E-state index contributed by atoms with van der Waals surface area (Å²) < 4.78 is 16.2. The van der Waals surface area contributed by atoms with Crippen LogP contribution in [0.1, 0.15) is 33.3 Å². The number of nitrogens with one attached hydrogen (secondary N) is 3. The molecule has 3 N–H and O–H groups in total. The molecule has 0 aromatic heterocycles. The summed E-state index contributed by atoms with van der Waals surface area (Å²) in [5.41, 5.74) is 0.563. The predicted molar refractivity (Wildman–Crippen MR) is 107 cm³/mol. The molecule has 0 atom stereocenters. The SMILES string of the molecule is CCNC(=NCc1ccc(OC)c(OC)c1OC)NCC(=O)NC(C)(C)C. The monoisotopic (exact) mass is 380 g/mol. The van der Waals surface area contributed by atoms with E-state index in [2.05, 4.69) is 20.9 Å². The number of carbonyl (C=O) groups is 1. The van der Waals surface area contributed by atoms with Gasteiger partial charge in [0.05, 0.1) is 34.4 Å². The second kappa shape index (κ2) is 10.5. The zero-order chi connectivity index (χ0) is 20.4. The highest BCUT2D eigenvalue weighted by atomic mass is 16.5. The third-order valence-corrected chi connectivity index (χ3v) is 3.47. The third kappa shape index (κ3) is 7.24. The van der Waals surface area contributed by atoms with Crippen molar-refractivity contribution in [3.05, 3.63) is 17.7 Å². The highest BCUT2D eigenvalue weighted by Crippen LogP contribution is 2.39. The van der Waals surface area contributed by atoms with E-state index in [1.54, 1.807) is 21.3 Å². The highest BCUT2D eigenvalue weighted by molar-refractivity contribution is 5.86. The smallest absolute Gasteiger partial charge is 0.239 e. The molecule has 1 aromatic carbocycles. The minimum atomic E-state index is -0.277. The summed E-state index contributed by atoms with van der Waals surface area (Å²) in [5, 5.41) is 9.06. The standard InChI is InChI=1S/C19H32N4O4/c1-8-20-18(22-12-15(24)23-19(2,3)4)21-11-13-9-10-14(25-5)17(27-7)16(13)26-6/h9-10H,8,11-12H2,1-7H3,(H,23,24)(H2,20,21,22). The summed E-state index contributed by atoms with van der Waals surface area (Å²) >= 11 is 0. The number of amides is 1. The van der Waals surface area contributed by atoms with Crippen molar-refractivity contribution in [2.75, 3.05) is 34.4 Å². The average molecular weight is 380 g/mol. The zero-order valence-electron chi connectivity index (χ0n) is 17.4. The first-order valence-corrected chi connectivity index (χ1v) is 8.86. The Morgan fingerprint density at radius 1 is 1.04 bits per heavy atom. The molecule has 0 heterocycles. The van der Waals surface area contributed by atoms with Crippen molar-refractivity contribution in [1.82, 2.24) is 16.0 Å². The van der Waals surface area contributed by atoms with Crippen LogP contribution in [0.2, 0.25) is 0 Å². The molecule has 1 rings (SSSR count). The number of rotatable bonds is 8. The van der Waals surface area contributed by atoms with Crippen molar-refractivity contribution in [1.29, 1.82) is 0 Å². The van der Waals surface area contributed by atoms with Gasteiger partial charge in [-0.2, -0.15) is 0 Å². The molecule has 0 aliphatic rings. The fraction of sp³-hybridized carbons (Fsp3) is 0.579. The van der Waals surface area contributed by atoms with E-state index < -0.39 is 0 Å². The molecule has 8 nitrogen and oxygen atoms in total. The average Bonchev–Trinajstić information content (AvgIpc) is 2.61. The molecule has 1 amide bonds. The molecule has 0 saturated carbocycles. The molecular weight excluding hydrogens is 348 g/mol. The van der Waals surface area contributed by atoms with Crippen LogP contribution in [-0.4, -0.2) is 51.8 Å². The lowest BCUT2D eigenvalue weighted by atomic mass is 10.1. The maximum atomic E-state index is 12.0. The Hall–Kier alpha value is -2.64. The summed E-state index contributed by atoms with van der Waals surface area (Å²) in [6, 6.07) is 3.68. The van der Waals surface area contributed by atoms with Crippen LogP contribution in [0.5, 0.6) is 17.2 Å². The molecule has 0 unspecified atom stereocenters. The lowest BCUT2D eigenvalue weighted by Crippen LogP contribution is -2.48. The first-order valence-electron chi connectivity index (χ1n) is 8.86. The van der Waals surface area contributed by atoms with Gasteiger partial charge in [-0.15, -0.1) is 0 Å². The van der Waals surface area contributed by atoms with Crippen LogP contribution < -0.4 is 30.2 Å². The molecule has 0 aliphatic carbocycles. The van der Waals surface area contributed by atoms with Crippen LogP contribution in [0.15, 0.2) is 17.1 Å². The Morgan fingerprint density at radius 2 is 1.70 bits per heavy atom. The fourth-order valence-electron chi connectivity index (χ4n) is 2.42. The Bertz CT molecular complexity index is 654. The lowest BCUT2D eigenvalue weighted by Gasteiger charge is -2.21. The van der Waals surface area contributed by atoms with Gasteiger partial charge in [-0.1, -0.05) is 0 Å². The number of aliphatic imine (C=N–C) groups is 1. The summed E-state index contributed by atoms with van der Waals surface area (Å²) in [5.74, 6) is 2.12. The topological polar surface area (TPSA) is 93.2 Å². The highest BCUT2D eigenvalue weighted by Gasteiger charge is 2.16. The minimum Gasteiger partial charge on any atom is -0.493 e. The molecule has 0 saturated heterocycles. The van der Waals surface area contributed by atoms with Gasteiger partial charge < -0.3 is 30.2 Å². The van der Waals surface area contributed by atoms with E-state index in [4.69, 9.17) is 14.2 Å². The maximum Gasteiger partial charge on any atom is 0.239 e. The van der Waals surface area contributed by atoms with Crippen LogP contribution >= 0.6 is 0 Å². The first kappa shape index (κ1) is 22.4. The number of guanidine groups is 1. The van der Waals surface area contributed by atoms with E-state index in [-0.39, 0.29) is 18.0 Å². The summed E-state index contributed by atoms with van der Waals surface area (Å²) in [7, 11) is 4.71. The summed E-state index contributed by atoms with van der Waals surface area (Å²) in [6.07, 6.45) is 0. The van der Waals surface area contributed by atoms with E-state index >= 15 is 0 Å². The van der Waals surface area contributed by atoms with Crippen LogP contribution in [0.25, 0.3) is 0 Å². The number of methoxy groups -OCH3 is 3. The van der Waals surface area contributed by atoms with Crippen LogP contribution in [0, 0.1) is 0 Å². The van der Waals surface area contributed by atoms with Gasteiger partial charge in [0.1, 0.15) is 0 Å². The number of nitrogens with zero attached hydrogens (tertiary/aromatic N) is 1. The van der Waals surface area contributed by atoms with Crippen molar-refractivity contribution < 1.29 is 19.0 Å². The van der Waals surface area contributed by atoms with Gasteiger partial charge in [0.2, 0.25) is 11.7 Å². The molecule has 0 spiro atoms. The normalized spacial score (nSPS) is 11.6. The summed E-state index contributed by atoms with van der Waals surface area (Å²) in [4.78, 5) is 16.5. The van der Waals surface area contributed by atoms with Gasteiger partial charge in [-0.3, -0.25) is 4.79 Å². The molecule has 0 radical (unpaired) electrons. The Morgan fingerprint density at radius 3 is 2.22 bits per heavy atom. The molecule has 0 aliphatic heterocycles.